The zero-order valence-corrected chi connectivity index (χ0v) is 16.1. The number of para-hydroxylation sites is 2. The molecule has 0 aliphatic heterocycles. The summed E-state index contributed by atoms with van der Waals surface area (Å²) in [5.74, 6) is 0.804. The van der Waals surface area contributed by atoms with Crippen LogP contribution in [0.25, 0.3) is 0 Å². The summed E-state index contributed by atoms with van der Waals surface area (Å²) in [5, 5.41) is 6.78. The van der Waals surface area contributed by atoms with E-state index < -0.39 is 0 Å². The van der Waals surface area contributed by atoms with Crippen molar-refractivity contribution in [3.05, 3.63) is 77.1 Å². The Balaban J connectivity index is 1.46. The number of benzene rings is 2. The van der Waals surface area contributed by atoms with Gasteiger partial charge in [-0.1, -0.05) is 48.0 Å². The van der Waals surface area contributed by atoms with E-state index in [0.717, 1.165) is 41.9 Å². The normalized spacial score (nSPS) is 13.2. The summed E-state index contributed by atoms with van der Waals surface area (Å²) in [6.45, 7) is 0. The molecule has 1 aliphatic rings. The van der Waals surface area contributed by atoms with Crippen molar-refractivity contribution in [3.63, 3.8) is 0 Å². The highest BCUT2D eigenvalue weighted by Crippen LogP contribution is 2.31. The summed E-state index contributed by atoms with van der Waals surface area (Å²) in [5.41, 5.74) is 3.64. The van der Waals surface area contributed by atoms with Gasteiger partial charge in [-0.25, -0.2) is 9.97 Å². The second-order valence-electron chi connectivity index (χ2n) is 6.90. The number of hydrogen-bond donors (Lipinski definition) is 2. The zero-order valence-electron chi connectivity index (χ0n) is 15.4. The molecule has 1 aliphatic carbocycles. The maximum atomic E-state index is 12.1. The van der Waals surface area contributed by atoms with Crippen LogP contribution in [0.2, 0.25) is 5.02 Å². The van der Waals surface area contributed by atoms with E-state index in [-0.39, 0.29) is 11.8 Å². The van der Waals surface area contributed by atoms with Crippen molar-refractivity contribution >= 4 is 34.8 Å². The highest BCUT2D eigenvalue weighted by molar-refractivity contribution is 6.31. The van der Waals surface area contributed by atoms with Gasteiger partial charge >= 0.3 is 0 Å². The first-order valence-electron chi connectivity index (χ1n) is 9.41. The minimum Gasteiger partial charge on any atom is -0.326 e. The number of nitrogens with one attached hydrogen (secondary N) is 2. The maximum Gasteiger partial charge on any atom is 0.227 e. The lowest BCUT2D eigenvalue weighted by atomic mass is 10.1. The van der Waals surface area contributed by atoms with Crippen molar-refractivity contribution in [1.29, 1.82) is 0 Å². The molecule has 3 aromatic rings. The van der Waals surface area contributed by atoms with Gasteiger partial charge in [0.2, 0.25) is 11.9 Å². The third-order valence-corrected chi connectivity index (χ3v) is 5.02. The Bertz CT molecular complexity index is 973. The fourth-order valence-corrected chi connectivity index (χ4v) is 3.17. The van der Waals surface area contributed by atoms with Crippen LogP contribution in [-0.2, 0) is 17.6 Å². The van der Waals surface area contributed by atoms with Gasteiger partial charge < -0.3 is 10.6 Å². The summed E-state index contributed by atoms with van der Waals surface area (Å²) in [6, 6.07) is 17.7. The third kappa shape index (κ3) is 4.67. The number of hydrogen-bond acceptors (Lipinski definition) is 4. The second kappa shape index (κ2) is 8.40. The van der Waals surface area contributed by atoms with Gasteiger partial charge in [0.15, 0.2) is 0 Å². The smallest absolute Gasteiger partial charge is 0.227 e. The number of carbonyl (C=O) groups is 1. The van der Waals surface area contributed by atoms with E-state index in [1.165, 1.54) is 0 Å². The van der Waals surface area contributed by atoms with E-state index in [9.17, 15) is 4.79 Å². The minimum absolute atomic E-state index is 0.113. The first kappa shape index (κ1) is 18.4. The summed E-state index contributed by atoms with van der Waals surface area (Å²) >= 11 is 6.32. The van der Waals surface area contributed by atoms with Gasteiger partial charge in [0, 0.05) is 17.3 Å². The number of carbonyl (C=O) groups excluding carboxylic acids is 1. The largest absolute Gasteiger partial charge is 0.326 e. The van der Waals surface area contributed by atoms with E-state index in [1.807, 2.05) is 54.6 Å². The fraction of sp³-hybridized carbons (Fsp3) is 0.227. The monoisotopic (exact) mass is 392 g/mol. The zero-order chi connectivity index (χ0) is 19.3. The SMILES string of the molecule is O=C(Nc1ccccc1CCc1nc(Nc2ccccc2)ncc1Cl)C1CC1. The van der Waals surface area contributed by atoms with Crippen molar-refractivity contribution in [2.45, 2.75) is 25.7 Å². The first-order valence-corrected chi connectivity index (χ1v) is 9.79. The molecule has 0 radical (unpaired) electrons. The highest BCUT2D eigenvalue weighted by Gasteiger charge is 2.29. The Labute approximate surface area is 169 Å². The average molecular weight is 393 g/mol. The molecule has 5 nitrogen and oxygen atoms in total. The predicted molar refractivity (Wildman–Crippen MR) is 112 cm³/mol. The van der Waals surface area contributed by atoms with E-state index in [4.69, 9.17) is 11.6 Å². The molecule has 0 unspecified atom stereocenters. The molecular weight excluding hydrogens is 372 g/mol. The molecule has 1 aromatic heterocycles. The molecule has 142 valence electrons. The van der Waals surface area contributed by atoms with Crippen LogP contribution in [-0.4, -0.2) is 15.9 Å². The molecule has 1 amide bonds. The van der Waals surface area contributed by atoms with Gasteiger partial charge in [-0.2, -0.15) is 0 Å². The van der Waals surface area contributed by atoms with Crippen LogP contribution < -0.4 is 10.6 Å². The third-order valence-electron chi connectivity index (χ3n) is 4.70. The van der Waals surface area contributed by atoms with E-state index in [2.05, 4.69) is 20.6 Å². The molecule has 0 atom stereocenters. The Morgan fingerprint density at radius 2 is 1.79 bits per heavy atom. The van der Waals surface area contributed by atoms with Gasteiger partial charge in [0.1, 0.15) is 0 Å². The summed E-state index contributed by atoms with van der Waals surface area (Å²) < 4.78 is 0. The lowest BCUT2D eigenvalue weighted by Gasteiger charge is -2.12. The van der Waals surface area contributed by atoms with Crippen LogP contribution in [0.15, 0.2) is 60.8 Å². The van der Waals surface area contributed by atoms with Crippen LogP contribution in [0.4, 0.5) is 17.3 Å². The molecule has 28 heavy (non-hydrogen) atoms. The number of aryl methyl sites for hydroxylation is 2. The standard InChI is InChI=1S/C22H21ClN4O/c23-18-14-24-22(25-17-7-2-1-3-8-17)27-20(18)13-12-15-6-4-5-9-19(15)26-21(28)16-10-11-16/h1-9,14,16H,10-13H2,(H,26,28)(H,24,25,27). The number of amides is 1. The van der Waals surface area contributed by atoms with Crippen molar-refractivity contribution in [1.82, 2.24) is 9.97 Å². The predicted octanol–water partition coefficient (Wildman–Crippen LogP) is 5.01. The molecule has 6 heteroatoms. The number of halogens is 1. The Morgan fingerprint density at radius 3 is 2.57 bits per heavy atom. The summed E-state index contributed by atoms with van der Waals surface area (Å²) in [4.78, 5) is 20.9. The van der Waals surface area contributed by atoms with Gasteiger partial charge in [-0.3, -0.25) is 4.79 Å². The Kier molecular flexibility index (Phi) is 5.53. The van der Waals surface area contributed by atoms with Gasteiger partial charge in [-0.15, -0.1) is 0 Å². The number of nitrogens with zero attached hydrogens (tertiary/aromatic N) is 2. The second-order valence-corrected chi connectivity index (χ2v) is 7.31. The van der Waals surface area contributed by atoms with E-state index in [1.54, 1.807) is 6.20 Å². The van der Waals surface area contributed by atoms with Crippen LogP contribution >= 0.6 is 11.6 Å². The van der Waals surface area contributed by atoms with Gasteiger partial charge in [-0.05, 0) is 49.4 Å². The Morgan fingerprint density at radius 1 is 1.04 bits per heavy atom. The van der Waals surface area contributed by atoms with Crippen molar-refractivity contribution in [2.75, 3.05) is 10.6 Å². The molecule has 1 saturated carbocycles. The molecule has 0 spiro atoms. The molecule has 0 bridgehead atoms. The topological polar surface area (TPSA) is 66.9 Å². The maximum absolute atomic E-state index is 12.1. The molecule has 2 N–H and O–H groups in total. The van der Waals surface area contributed by atoms with Crippen LogP contribution in [0.5, 0.6) is 0 Å². The number of rotatable bonds is 7. The lowest BCUT2D eigenvalue weighted by molar-refractivity contribution is -0.117. The number of anilines is 3. The molecule has 4 rings (SSSR count). The van der Waals surface area contributed by atoms with Crippen LogP contribution in [0.3, 0.4) is 0 Å². The number of aromatic nitrogens is 2. The van der Waals surface area contributed by atoms with Gasteiger partial charge in [0.05, 0.1) is 16.9 Å². The minimum atomic E-state index is 0.113. The fourth-order valence-electron chi connectivity index (χ4n) is 2.98. The highest BCUT2D eigenvalue weighted by atomic mass is 35.5. The summed E-state index contributed by atoms with van der Waals surface area (Å²) in [7, 11) is 0. The van der Waals surface area contributed by atoms with Crippen molar-refractivity contribution < 1.29 is 4.79 Å². The summed E-state index contributed by atoms with van der Waals surface area (Å²) in [6.07, 6.45) is 4.98. The molecule has 1 fully saturated rings. The van der Waals surface area contributed by atoms with Crippen LogP contribution in [0.1, 0.15) is 24.1 Å². The molecule has 2 aromatic carbocycles. The van der Waals surface area contributed by atoms with E-state index >= 15 is 0 Å². The van der Waals surface area contributed by atoms with Crippen molar-refractivity contribution in [2.24, 2.45) is 5.92 Å². The van der Waals surface area contributed by atoms with Gasteiger partial charge in [0.25, 0.3) is 0 Å². The van der Waals surface area contributed by atoms with Crippen molar-refractivity contribution in [3.8, 4) is 0 Å². The Hall–Kier alpha value is -2.92. The molecule has 1 heterocycles. The lowest BCUT2D eigenvalue weighted by Crippen LogP contribution is -2.15. The van der Waals surface area contributed by atoms with E-state index in [0.29, 0.717) is 17.4 Å². The molecule has 0 saturated heterocycles. The van der Waals surface area contributed by atoms with Crippen LogP contribution in [0, 0.1) is 5.92 Å². The molecular formula is C22H21ClN4O. The quantitative estimate of drug-likeness (QED) is 0.593. The first-order chi connectivity index (χ1) is 13.7. The average Bonchev–Trinajstić information content (AvgIpc) is 3.56.